The van der Waals surface area contributed by atoms with Crippen LogP contribution in [0.15, 0.2) is 36.7 Å². The summed E-state index contributed by atoms with van der Waals surface area (Å²) in [7, 11) is 0. The highest BCUT2D eigenvalue weighted by molar-refractivity contribution is 5.75. The van der Waals surface area contributed by atoms with Gasteiger partial charge in [0.15, 0.2) is 0 Å². The number of nitrogens with one attached hydrogen (secondary N) is 2. The van der Waals surface area contributed by atoms with E-state index in [1.807, 2.05) is 17.3 Å². The number of likely N-dealkylation sites (tertiary alicyclic amines) is 1. The van der Waals surface area contributed by atoms with Crippen LogP contribution in [0.25, 0.3) is 0 Å². The Morgan fingerprint density at radius 1 is 1.32 bits per heavy atom. The van der Waals surface area contributed by atoms with Gasteiger partial charge < -0.3 is 10.2 Å². The Kier molecular flexibility index (Phi) is 3.54. The summed E-state index contributed by atoms with van der Waals surface area (Å²) < 4.78 is 0. The molecular formula is C20H24N4O. The minimum atomic E-state index is 0.0872. The molecule has 0 unspecified atom stereocenters. The lowest BCUT2D eigenvalue weighted by molar-refractivity contribution is 0.151. The molecule has 2 aromatic rings. The van der Waals surface area contributed by atoms with Gasteiger partial charge in [-0.3, -0.25) is 5.10 Å². The van der Waals surface area contributed by atoms with Gasteiger partial charge in [0.2, 0.25) is 0 Å². The van der Waals surface area contributed by atoms with E-state index in [0.717, 1.165) is 37.4 Å². The molecule has 5 nitrogen and oxygen atoms in total. The SMILES string of the molecule is O=C(NC[C@@H]1[C@@H]2Cc3ccccc3[C@@H]12)N1CCCC[C@@H]1c1cn[nH]c1. The van der Waals surface area contributed by atoms with Crippen LogP contribution >= 0.6 is 0 Å². The van der Waals surface area contributed by atoms with Gasteiger partial charge in [0.1, 0.15) is 0 Å². The van der Waals surface area contributed by atoms with Crippen LogP contribution in [-0.4, -0.2) is 34.2 Å². The van der Waals surface area contributed by atoms with Crippen LogP contribution in [0, 0.1) is 11.8 Å². The monoisotopic (exact) mass is 336 g/mol. The van der Waals surface area contributed by atoms with Crippen LogP contribution in [-0.2, 0) is 6.42 Å². The van der Waals surface area contributed by atoms with Crippen LogP contribution < -0.4 is 5.32 Å². The molecule has 1 aromatic carbocycles. The van der Waals surface area contributed by atoms with E-state index in [2.05, 4.69) is 39.8 Å². The Hall–Kier alpha value is -2.30. The Morgan fingerprint density at radius 2 is 2.24 bits per heavy atom. The van der Waals surface area contributed by atoms with Gasteiger partial charge >= 0.3 is 6.03 Å². The second-order valence-corrected chi connectivity index (χ2v) is 7.68. The molecule has 2 fully saturated rings. The fraction of sp³-hybridized carbons (Fsp3) is 0.500. The second kappa shape index (κ2) is 5.90. The van der Waals surface area contributed by atoms with Crippen molar-refractivity contribution in [3.63, 3.8) is 0 Å². The Balaban J connectivity index is 1.22. The van der Waals surface area contributed by atoms with Gasteiger partial charge in [-0.25, -0.2) is 4.79 Å². The summed E-state index contributed by atoms with van der Waals surface area (Å²) in [5.74, 6) is 2.03. The third-order valence-corrected chi connectivity index (χ3v) is 6.36. The molecule has 5 rings (SSSR count). The maximum atomic E-state index is 12.8. The third kappa shape index (κ3) is 2.53. The van der Waals surface area contributed by atoms with Crippen LogP contribution in [0.5, 0.6) is 0 Å². The van der Waals surface area contributed by atoms with Gasteiger partial charge in [-0.05, 0) is 54.6 Å². The maximum absolute atomic E-state index is 12.8. The first-order valence-corrected chi connectivity index (χ1v) is 9.44. The summed E-state index contributed by atoms with van der Waals surface area (Å²) >= 11 is 0. The number of carbonyl (C=O) groups is 1. The number of rotatable bonds is 3. The van der Waals surface area contributed by atoms with E-state index in [1.165, 1.54) is 24.0 Å². The molecule has 0 radical (unpaired) electrons. The molecule has 5 heteroatoms. The molecule has 0 bridgehead atoms. The number of aromatic amines is 1. The summed E-state index contributed by atoms with van der Waals surface area (Å²) in [4.78, 5) is 14.8. The summed E-state index contributed by atoms with van der Waals surface area (Å²) in [5.41, 5.74) is 4.14. The Labute approximate surface area is 147 Å². The molecule has 1 aromatic heterocycles. The van der Waals surface area contributed by atoms with Gasteiger partial charge in [-0.1, -0.05) is 24.3 Å². The molecule has 2 N–H and O–H groups in total. The zero-order valence-corrected chi connectivity index (χ0v) is 14.3. The molecule has 2 aliphatic carbocycles. The van der Waals surface area contributed by atoms with Crippen molar-refractivity contribution in [1.82, 2.24) is 20.4 Å². The van der Waals surface area contributed by atoms with Crippen LogP contribution in [0.3, 0.4) is 0 Å². The highest BCUT2D eigenvalue weighted by Crippen LogP contribution is 2.60. The number of carbonyl (C=O) groups excluding carboxylic acids is 1. The first kappa shape index (κ1) is 15.0. The quantitative estimate of drug-likeness (QED) is 0.904. The first-order valence-electron chi connectivity index (χ1n) is 9.44. The molecule has 1 saturated carbocycles. The number of aromatic nitrogens is 2. The molecule has 3 aliphatic rings. The molecule has 1 saturated heterocycles. The van der Waals surface area contributed by atoms with Crippen molar-refractivity contribution in [3.05, 3.63) is 53.3 Å². The van der Waals surface area contributed by atoms with Crippen molar-refractivity contribution in [3.8, 4) is 0 Å². The lowest BCUT2D eigenvalue weighted by Crippen LogP contribution is -2.45. The van der Waals surface area contributed by atoms with Crippen molar-refractivity contribution < 1.29 is 4.79 Å². The molecular weight excluding hydrogens is 312 g/mol. The van der Waals surface area contributed by atoms with Crippen molar-refractivity contribution in [2.24, 2.45) is 11.8 Å². The summed E-state index contributed by atoms with van der Waals surface area (Å²) in [6, 6.07) is 9.03. The zero-order valence-electron chi connectivity index (χ0n) is 14.3. The minimum Gasteiger partial charge on any atom is -0.338 e. The number of H-pyrrole nitrogens is 1. The molecule has 25 heavy (non-hydrogen) atoms. The molecule has 2 heterocycles. The van der Waals surface area contributed by atoms with Crippen LogP contribution in [0.4, 0.5) is 4.79 Å². The average molecular weight is 336 g/mol. The van der Waals surface area contributed by atoms with E-state index in [4.69, 9.17) is 0 Å². The highest BCUT2D eigenvalue weighted by atomic mass is 16.2. The standard InChI is InChI=1S/C20H24N4O/c25-20(24-8-4-3-7-18(24)14-10-22-23-11-14)21-12-17-16-9-13-5-1-2-6-15(13)19(16)17/h1-2,5-6,10-11,16-19H,3-4,7-9,12H2,(H,21,25)(H,22,23)/t16-,17+,18+,19+/m0/s1. The van der Waals surface area contributed by atoms with Crippen molar-refractivity contribution in [2.75, 3.05) is 13.1 Å². The third-order valence-electron chi connectivity index (χ3n) is 6.36. The van der Waals surface area contributed by atoms with Crippen molar-refractivity contribution >= 4 is 6.03 Å². The molecule has 2 amide bonds. The van der Waals surface area contributed by atoms with Gasteiger partial charge in [-0.15, -0.1) is 0 Å². The molecule has 1 aliphatic heterocycles. The van der Waals surface area contributed by atoms with Crippen molar-refractivity contribution in [1.29, 1.82) is 0 Å². The number of urea groups is 1. The Bertz CT molecular complexity index is 772. The van der Waals surface area contributed by atoms with Crippen molar-refractivity contribution in [2.45, 2.75) is 37.6 Å². The lowest BCUT2D eigenvalue weighted by atomic mass is 9.98. The fourth-order valence-electron chi connectivity index (χ4n) is 5.03. The van der Waals surface area contributed by atoms with Gasteiger partial charge in [0.05, 0.1) is 12.2 Å². The van der Waals surface area contributed by atoms with E-state index >= 15 is 0 Å². The number of nitrogens with zero attached hydrogens (tertiary/aromatic N) is 2. The van der Waals surface area contributed by atoms with Gasteiger partial charge in [-0.2, -0.15) is 5.10 Å². The fourth-order valence-corrected chi connectivity index (χ4v) is 5.03. The smallest absolute Gasteiger partial charge is 0.317 e. The van der Waals surface area contributed by atoms with Crippen LogP contribution in [0.2, 0.25) is 0 Å². The topological polar surface area (TPSA) is 61.0 Å². The number of hydrogen-bond donors (Lipinski definition) is 2. The number of benzene rings is 1. The second-order valence-electron chi connectivity index (χ2n) is 7.68. The van der Waals surface area contributed by atoms with Crippen LogP contribution in [0.1, 0.15) is 47.9 Å². The average Bonchev–Trinajstić information content (AvgIpc) is 3.04. The number of fused-ring (bicyclic) bond motifs is 3. The first-order chi connectivity index (χ1) is 12.3. The molecule has 130 valence electrons. The van der Waals surface area contributed by atoms with E-state index in [9.17, 15) is 4.79 Å². The van der Waals surface area contributed by atoms with E-state index < -0.39 is 0 Å². The predicted molar refractivity (Wildman–Crippen MR) is 95.2 cm³/mol. The predicted octanol–water partition coefficient (Wildman–Crippen LogP) is 3.23. The maximum Gasteiger partial charge on any atom is 0.317 e. The number of amides is 2. The summed E-state index contributed by atoms with van der Waals surface area (Å²) in [6.45, 7) is 1.64. The largest absolute Gasteiger partial charge is 0.338 e. The van der Waals surface area contributed by atoms with Gasteiger partial charge in [0, 0.05) is 24.8 Å². The highest BCUT2D eigenvalue weighted by Gasteiger charge is 2.55. The van der Waals surface area contributed by atoms with E-state index in [1.54, 1.807) is 0 Å². The normalized spacial score (nSPS) is 29.8. The Morgan fingerprint density at radius 3 is 3.12 bits per heavy atom. The summed E-state index contributed by atoms with van der Waals surface area (Å²) in [6.07, 6.45) is 8.22. The number of piperidine rings is 1. The van der Waals surface area contributed by atoms with E-state index in [0.29, 0.717) is 11.8 Å². The lowest BCUT2D eigenvalue weighted by Gasteiger charge is -2.35. The molecule has 4 atom stereocenters. The molecule has 0 spiro atoms. The minimum absolute atomic E-state index is 0.0872. The summed E-state index contributed by atoms with van der Waals surface area (Å²) in [5, 5.41) is 10.1. The van der Waals surface area contributed by atoms with E-state index in [-0.39, 0.29) is 12.1 Å². The zero-order chi connectivity index (χ0) is 16.8. The van der Waals surface area contributed by atoms with Gasteiger partial charge in [0.25, 0.3) is 0 Å². The number of hydrogen-bond acceptors (Lipinski definition) is 2.